The van der Waals surface area contributed by atoms with Gasteiger partial charge in [-0.15, -0.1) is 0 Å². The van der Waals surface area contributed by atoms with E-state index in [1.807, 2.05) is 0 Å². The van der Waals surface area contributed by atoms with Gasteiger partial charge in [0.15, 0.2) is 14.5 Å². The Morgan fingerprint density at radius 3 is 2.11 bits per heavy atom. The van der Waals surface area contributed by atoms with E-state index >= 15 is 0 Å². The molecular weight excluding hydrogens is 269 g/mol. The second-order valence-electron chi connectivity index (χ2n) is 3.56. The molecule has 0 radical (unpaired) electrons. The summed E-state index contributed by atoms with van der Waals surface area (Å²) in [4.78, 5) is 28.4. The van der Waals surface area contributed by atoms with Crippen LogP contribution in [-0.2, 0) is 4.79 Å². The van der Waals surface area contributed by atoms with Crippen molar-refractivity contribution >= 4 is 14.3 Å². The largest absolute Gasteiger partial charge is 0.394 e. The van der Waals surface area contributed by atoms with E-state index in [-0.39, 0.29) is 12.7 Å². The van der Waals surface area contributed by atoms with Crippen molar-refractivity contribution in [3.63, 3.8) is 0 Å². The van der Waals surface area contributed by atoms with Gasteiger partial charge in [-0.05, 0) is 0 Å². The van der Waals surface area contributed by atoms with Crippen molar-refractivity contribution in [2.75, 3.05) is 19.3 Å². The molecule has 0 saturated carbocycles. The first-order valence-corrected chi connectivity index (χ1v) is 6.50. The number of carbonyl (C=O) groups is 1. The van der Waals surface area contributed by atoms with Crippen LogP contribution in [-0.4, -0.2) is 85.0 Å². The lowest BCUT2D eigenvalue weighted by molar-refractivity contribution is -0.148. The molecule has 0 aromatic rings. The normalized spacial score (nSPS) is 18.2. The molecule has 0 saturated heterocycles. The van der Waals surface area contributed by atoms with Crippen LogP contribution in [0.4, 0.5) is 0 Å². The molecule has 4 unspecified atom stereocenters. The smallest absolute Gasteiger partial charge is 0.251 e. The molecule has 18 heavy (non-hydrogen) atoms. The highest BCUT2D eigenvalue weighted by atomic mass is 31.2. The summed E-state index contributed by atoms with van der Waals surface area (Å²) in [6, 6.07) is 0. The number of carbonyl (C=O) groups excluding carboxylic acids is 1. The van der Waals surface area contributed by atoms with E-state index in [1.54, 1.807) is 0 Å². The van der Waals surface area contributed by atoms with E-state index in [0.29, 0.717) is 0 Å². The van der Waals surface area contributed by atoms with Crippen molar-refractivity contribution in [1.82, 2.24) is 5.32 Å². The lowest BCUT2D eigenvalue weighted by Gasteiger charge is -2.24. The minimum Gasteiger partial charge on any atom is -0.394 e. The van der Waals surface area contributed by atoms with Gasteiger partial charge in [0.25, 0.3) is 5.91 Å². The van der Waals surface area contributed by atoms with E-state index in [9.17, 15) is 20.1 Å². The van der Waals surface area contributed by atoms with Crippen molar-refractivity contribution < 1.29 is 40.1 Å². The number of aliphatic hydroxyl groups is 5. The zero-order valence-corrected chi connectivity index (χ0v) is 10.3. The van der Waals surface area contributed by atoms with E-state index in [2.05, 4.69) is 5.32 Å². The van der Waals surface area contributed by atoms with Crippen LogP contribution in [0, 0.1) is 0 Å². The van der Waals surface area contributed by atoms with Crippen LogP contribution < -0.4 is 5.32 Å². The second-order valence-corrected chi connectivity index (χ2v) is 4.75. The minimum absolute atomic E-state index is 0.105. The predicted octanol–water partition coefficient (Wildman–Crippen LogP) is -4.16. The Labute approximate surface area is 104 Å². The van der Waals surface area contributed by atoms with Gasteiger partial charge in [-0.3, -0.25) is 4.79 Å². The maximum atomic E-state index is 11.2. The first-order chi connectivity index (χ1) is 8.31. The molecule has 0 aliphatic heterocycles. The third-order valence-corrected chi connectivity index (χ3v) is 2.76. The molecule has 1 amide bonds. The molecule has 0 aromatic heterocycles. The molecule has 8 N–H and O–H groups in total. The van der Waals surface area contributed by atoms with Crippen molar-refractivity contribution in [3.05, 3.63) is 0 Å². The number of amides is 1. The fraction of sp³-hybridized carbons (Fsp3) is 0.875. The van der Waals surface area contributed by atoms with Gasteiger partial charge in [0, 0.05) is 12.7 Å². The zero-order chi connectivity index (χ0) is 14.3. The third-order valence-electron chi connectivity index (χ3n) is 2.13. The maximum Gasteiger partial charge on any atom is 0.251 e. The molecule has 10 heteroatoms. The van der Waals surface area contributed by atoms with Crippen molar-refractivity contribution in [2.24, 2.45) is 0 Å². The molecule has 4 atom stereocenters. The van der Waals surface area contributed by atoms with Crippen LogP contribution in [0.3, 0.4) is 0 Å². The summed E-state index contributed by atoms with van der Waals surface area (Å²) >= 11 is 0. The Bertz CT molecular complexity index is 253. The summed E-state index contributed by atoms with van der Waals surface area (Å²) in [5.74, 6) is -1.04. The van der Waals surface area contributed by atoms with Gasteiger partial charge in [-0.2, -0.15) is 0 Å². The van der Waals surface area contributed by atoms with Crippen LogP contribution in [0.5, 0.6) is 0 Å². The molecule has 0 spiro atoms. The molecule has 0 aliphatic carbocycles. The van der Waals surface area contributed by atoms with Crippen LogP contribution in [0.2, 0.25) is 0 Å². The Balaban J connectivity index is 4.19. The van der Waals surface area contributed by atoms with Gasteiger partial charge in [0.2, 0.25) is 0 Å². The van der Waals surface area contributed by atoms with Gasteiger partial charge >= 0.3 is 0 Å². The molecule has 0 aliphatic rings. The van der Waals surface area contributed by atoms with Gasteiger partial charge in [-0.25, -0.2) is 0 Å². The Morgan fingerprint density at radius 1 is 1.11 bits per heavy atom. The number of rotatable bonds is 8. The van der Waals surface area contributed by atoms with Crippen molar-refractivity contribution in [3.8, 4) is 0 Å². The Hall–Kier alpha value is -0.380. The topological polar surface area (TPSA) is 171 Å². The number of hydrogen-bond acceptors (Lipinski definition) is 8. The second kappa shape index (κ2) is 8.68. The summed E-state index contributed by atoms with van der Waals surface area (Å²) in [5.41, 5.74) is 0. The van der Waals surface area contributed by atoms with Gasteiger partial charge in [-0.1, -0.05) is 0 Å². The standard InChI is InChI=1S/C8H18NO8P/c10-3-4(11)5(12)6(13)7(14)8(15)9-1-2-18(16)17/h4-7,10-14,16-17H,1-3H2,(H,9,15). The van der Waals surface area contributed by atoms with E-state index < -0.39 is 45.3 Å². The highest BCUT2D eigenvalue weighted by Gasteiger charge is 2.33. The van der Waals surface area contributed by atoms with Crippen molar-refractivity contribution in [1.29, 1.82) is 0 Å². The minimum atomic E-state index is -2.17. The summed E-state index contributed by atoms with van der Waals surface area (Å²) in [5, 5.41) is 47.5. The lowest BCUT2D eigenvalue weighted by atomic mass is 10.0. The maximum absolute atomic E-state index is 11.2. The molecular formula is C8H18NO8P. The van der Waals surface area contributed by atoms with Crippen LogP contribution in [0.1, 0.15) is 0 Å². The first-order valence-electron chi connectivity index (χ1n) is 5.07. The molecule has 9 nitrogen and oxygen atoms in total. The molecule has 0 fully saturated rings. The van der Waals surface area contributed by atoms with Crippen LogP contribution in [0.15, 0.2) is 0 Å². The Morgan fingerprint density at radius 2 is 1.67 bits per heavy atom. The summed E-state index contributed by atoms with van der Waals surface area (Å²) in [7, 11) is -2.17. The van der Waals surface area contributed by atoms with E-state index in [0.717, 1.165) is 0 Å². The first kappa shape index (κ1) is 17.6. The monoisotopic (exact) mass is 287 g/mol. The van der Waals surface area contributed by atoms with Crippen molar-refractivity contribution in [2.45, 2.75) is 24.4 Å². The quantitative estimate of drug-likeness (QED) is 0.208. The molecule has 108 valence electrons. The van der Waals surface area contributed by atoms with Crippen LogP contribution in [0.25, 0.3) is 0 Å². The lowest BCUT2D eigenvalue weighted by Crippen LogP contribution is -2.51. The molecule has 0 rings (SSSR count). The van der Waals surface area contributed by atoms with E-state index in [4.69, 9.17) is 20.0 Å². The average molecular weight is 287 g/mol. The summed E-state index contributed by atoms with van der Waals surface area (Å²) < 4.78 is 0. The van der Waals surface area contributed by atoms with Gasteiger partial charge < -0.3 is 40.6 Å². The SMILES string of the molecule is O=C(NCCP(O)O)C(O)C(O)C(O)C(O)CO. The van der Waals surface area contributed by atoms with Gasteiger partial charge in [0.05, 0.1) is 6.61 Å². The zero-order valence-electron chi connectivity index (χ0n) is 9.42. The number of aliphatic hydroxyl groups excluding tert-OH is 5. The molecule has 0 heterocycles. The fourth-order valence-electron chi connectivity index (χ4n) is 1.06. The fourth-order valence-corrected chi connectivity index (χ4v) is 1.37. The Kier molecular flexibility index (Phi) is 8.49. The average Bonchev–Trinajstić information content (AvgIpc) is 2.34. The van der Waals surface area contributed by atoms with Gasteiger partial charge in [0.1, 0.15) is 18.3 Å². The van der Waals surface area contributed by atoms with Crippen LogP contribution >= 0.6 is 8.38 Å². The molecule has 0 aromatic carbocycles. The number of hydrogen-bond donors (Lipinski definition) is 8. The summed E-state index contributed by atoms with van der Waals surface area (Å²) in [6.45, 7) is -0.966. The molecule has 0 bridgehead atoms. The highest BCUT2D eigenvalue weighted by molar-refractivity contribution is 7.45. The highest BCUT2D eigenvalue weighted by Crippen LogP contribution is 2.20. The van der Waals surface area contributed by atoms with E-state index in [1.165, 1.54) is 0 Å². The summed E-state index contributed by atoms with van der Waals surface area (Å²) in [6.07, 6.45) is -7.67. The third kappa shape index (κ3) is 5.98. The number of nitrogens with one attached hydrogen (secondary N) is 1. The predicted molar refractivity (Wildman–Crippen MR) is 60.3 cm³/mol.